The summed E-state index contributed by atoms with van der Waals surface area (Å²) < 4.78 is 0. The van der Waals surface area contributed by atoms with E-state index in [9.17, 15) is 14.7 Å². The molecule has 0 saturated carbocycles. The van der Waals surface area contributed by atoms with Crippen molar-refractivity contribution >= 4 is 12.0 Å². The van der Waals surface area contributed by atoms with Crippen LogP contribution in [0.4, 0.5) is 4.79 Å². The smallest absolute Gasteiger partial charge is 0.408 e. The normalized spacial score (nSPS) is 11.6. The molecule has 5 heteroatoms. The fourth-order valence-electron chi connectivity index (χ4n) is 3.18. The molecule has 0 aromatic heterocycles. The van der Waals surface area contributed by atoms with Crippen LogP contribution in [-0.4, -0.2) is 34.6 Å². The van der Waals surface area contributed by atoms with Gasteiger partial charge in [-0.15, -0.1) is 0 Å². The zero-order chi connectivity index (χ0) is 20.2. The van der Waals surface area contributed by atoms with Crippen LogP contribution in [0.25, 0.3) is 0 Å². The van der Waals surface area contributed by atoms with Crippen LogP contribution in [-0.2, 0) is 17.8 Å². The van der Waals surface area contributed by atoms with Crippen molar-refractivity contribution in [3.63, 3.8) is 0 Å². The maximum absolute atomic E-state index is 12.8. The van der Waals surface area contributed by atoms with Crippen molar-refractivity contribution in [3.05, 3.63) is 71.8 Å². The molecule has 0 bridgehead atoms. The molecule has 0 aliphatic carbocycles. The van der Waals surface area contributed by atoms with Crippen molar-refractivity contribution in [3.8, 4) is 0 Å². The number of nitrogens with one attached hydrogen (secondary N) is 1. The molecule has 2 amide bonds. The van der Waals surface area contributed by atoms with Crippen LogP contribution in [0.2, 0.25) is 0 Å². The average molecular weight is 383 g/mol. The Morgan fingerprint density at radius 2 is 1.57 bits per heavy atom. The van der Waals surface area contributed by atoms with Gasteiger partial charge in [0.25, 0.3) is 0 Å². The molecule has 0 fully saturated rings. The predicted octanol–water partition coefficient (Wildman–Crippen LogP) is 4.47. The highest BCUT2D eigenvalue weighted by Gasteiger charge is 2.29. The van der Waals surface area contributed by atoms with Gasteiger partial charge >= 0.3 is 6.09 Å². The number of carbonyl (C=O) groups excluding carboxylic acids is 1. The monoisotopic (exact) mass is 382 g/mol. The van der Waals surface area contributed by atoms with Crippen molar-refractivity contribution in [2.24, 2.45) is 0 Å². The molecule has 0 radical (unpaired) electrons. The molecule has 2 rings (SSSR count). The number of hydrogen-bond donors (Lipinski definition) is 2. The highest BCUT2D eigenvalue weighted by molar-refractivity contribution is 5.85. The second kappa shape index (κ2) is 11.8. The second-order valence-electron chi connectivity index (χ2n) is 6.93. The Hall–Kier alpha value is -2.82. The van der Waals surface area contributed by atoms with Crippen molar-refractivity contribution in [2.45, 2.75) is 51.6 Å². The number of hydrogen-bond acceptors (Lipinski definition) is 2. The van der Waals surface area contributed by atoms with E-state index in [2.05, 4.69) is 17.4 Å². The molecule has 0 heterocycles. The summed E-state index contributed by atoms with van der Waals surface area (Å²) in [6, 6.07) is 18.9. The minimum absolute atomic E-state index is 0.208. The molecule has 0 aliphatic heterocycles. The lowest BCUT2D eigenvalue weighted by Crippen LogP contribution is -2.49. The van der Waals surface area contributed by atoms with Gasteiger partial charge in [-0.1, -0.05) is 80.4 Å². The van der Waals surface area contributed by atoms with Gasteiger partial charge in [-0.25, -0.2) is 4.79 Å². The van der Waals surface area contributed by atoms with Crippen molar-refractivity contribution in [2.75, 3.05) is 6.54 Å². The Bertz CT molecular complexity index is 719. The SMILES string of the molecule is CCCCC(C(=O)NCCCc1ccccc1)N(Cc1ccccc1)C(=O)O. The quantitative estimate of drug-likeness (QED) is 0.563. The Kier molecular flexibility index (Phi) is 9.05. The first-order valence-electron chi connectivity index (χ1n) is 9.97. The molecule has 1 atom stereocenters. The van der Waals surface area contributed by atoms with Crippen molar-refractivity contribution in [1.82, 2.24) is 10.2 Å². The zero-order valence-corrected chi connectivity index (χ0v) is 16.5. The van der Waals surface area contributed by atoms with Crippen LogP contribution in [0.15, 0.2) is 60.7 Å². The highest BCUT2D eigenvalue weighted by Crippen LogP contribution is 2.15. The summed E-state index contributed by atoms with van der Waals surface area (Å²) in [4.78, 5) is 25.9. The lowest BCUT2D eigenvalue weighted by Gasteiger charge is -2.28. The van der Waals surface area contributed by atoms with E-state index in [-0.39, 0.29) is 12.5 Å². The first-order chi connectivity index (χ1) is 13.6. The van der Waals surface area contributed by atoms with Crippen molar-refractivity contribution in [1.29, 1.82) is 0 Å². The van der Waals surface area contributed by atoms with Gasteiger partial charge in [-0.3, -0.25) is 9.69 Å². The number of unbranched alkanes of at least 4 members (excludes halogenated alkanes) is 1. The number of nitrogens with zero attached hydrogens (tertiary/aromatic N) is 1. The first-order valence-corrected chi connectivity index (χ1v) is 9.97. The standard InChI is InChI=1S/C23H30N2O3/c1-2-3-16-21(25(23(27)28)18-20-13-8-5-9-14-20)22(26)24-17-10-15-19-11-6-4-7-12-19/h4-9,11-14,21H,2-3,10,15-18H2,1H3,(H,24,26)(H,27,28). The van der Waals surface area contributed by atoms with Crippen LogP contribution in [0.3, 0.4) is 0 Å². The molecular weight excluding hydrogens is 352 g/mol. The van der Waals surface area contributed by atoms with E-state index in [1.165, 1.54) is 10.5 Å². The zero-order valence-electron chi connectivity index (χ0n) is 16.5. The van der Waals surface area contributed by atoms with E-state index >= 15 is 0 Å². The Morgan fingerprint density at radius 1 is 0.964 bits per heavy atom. The molecule has 0 spiro atoms. The lowest BCUT2D eigenvalue weighted by atomic mass is 10.1. The van der Waals surface area contributed by atoms with Gasteiger partial charge in [0.2, 0.25) is 5.91 Å². The van der Waals surface area contributed by atoms with E-state index in [0.717, 1.165) is 31.2 Å². The number of amides is 2. The second-order valence-corrected chi connectivity index (χ2v) is 6.93. The van der Waals surface area contributed by atoms with E-state index in [0.29, 0.717) is 13.0 Å². The minimum Gasteiger partial charge on any atom is -0.465 e. The first kappa shape index (κ1) is 21.5. The molecule has 1 unspecified atom stereocenters. The Labute approximate surface area is 167 Å². The fourth-order valence-corrected chi connectivity index (χ4v) is 3.18. The van der Waals surface area contributed by atoms with Crippen LogP contribution in [0.1, 0.15) is 43.7 Å². The van der Waals surface area contributed by atoms with E-state index in [1.54, 1.807) is 0 Å². The van der Waals surface area contributed by atoms with Gasteiger partial charge in [0.15, 0.2) is 0 Å². The Morgan fingerprint density at radius 3 is 2.14 bits per heavy atom. The summed E-state index contributed by atoms with van der Waals surface area (Å²) in [5.74, 6) is -0.208. The van der Waals surface area contributed by atoms with Gasteiger partial charge in [-0.2, -0.15) is 0 Å². The van der Waals surface area contributed by atoms with Gasteiger partial charge < -0.3 is 10.4 Å². The van der Waals surface area contributed by atoms with Crippen LogP contribution in [0.5, 0.6) is 0 Å². The average Bonchev–Trinajstić information content (AvgIpc) is 2.72. The van der Waals surface area contributed by atoms with Crippen LogP contribution >= 0.6 is 0 Å². The van der Waals surface area contributed by atoms with Gasteiger partial charge in [-0.05, 0) is 30.4 Å². The van der Waals surface area contributed by atoms with E-state index < -0.39 is 12.1 Å². The lowest BCUT2D eigenvalue weighted by molar-refractivity contribution is -0.126. The number of benzene rings is 2. The summed E-state index contributed by atoms with van der Waals surface area (Å²) >= 11 is 0. The largest absolute Gasteiger partial charge is 0.465 e. The number of carbonyl (C=O) groups is 2. The molecule has 5 nitrogen and oxygen atoms in total. The number of carboxylic acid groups (broad SMARTS) is 1. The third-order valence-corrected chi connectivity index (χ3v) is 4.74. The summed E-state index contributed by atoms with van der Waals surface area (Å²) in [5, 5.41) is 12.7. The molecule has 0 aliphatic rings. The van der Waals surface area contributed by atoms with E-state index in [1.807, 2.05) is 55.5 Å². The molecular formula is C23H30N2O3. The molecule has 2 aromatic rings. The van der Waals surface area contributed by atoms with Crippen LogP contribution in [0, 0.1) is 0 Å². The molecule has 28 heavy (non-hydrogen) atoms. The maximum atomic E-state index is 12.8. The third-order valence-electron chi connectivity index (χ3n) is 4.74. The topological polar surface area (TPSA) is 69.6 Å². The maximum Gasteiger partial charge on any atom is 0.408 e. The molecule has 2 N–H and O–H groups in total. The van der Waals surface area contributed by atoms with Gasteiger partial charge in [0, 0.05) is 13.1 Å². The van der Waals surface area contributed by atoms with Crippen molar-refractivity contribution < 1.29 is 14.7 Å². The van der Waals surface area contributed by atoms with Gasteiger partial charge in [0.05, 0.1) is 0 Å². The van der Waals surface area contributed by atoms with Crippen LogP contribution < -0.4 is 5.32 Å². The number of rotatable bonds is 11. The summed E-state index contributed by atoms with van der Waals surface area (Å²) in [6.07, 6.45) is 2.89. The molecule has 150 valence electrons. The van der Waals surface area contributed by atoms with E-state index in [4.69, 9.17) is 0 Å². The third kappa shape index (κ3) is 7.06. The Balaban J connectivity index is 1.96. The fraction of sp³-hybridized carbons (Fsp3) is 0.391. The molecule has 2 aromatic carbocycles. The predicted molar refractivity (Wildman–Crippen MR) is 111 cm³/mol. The summed E-state index contributed by atoms with van der Waals surface area (Å²) in [6.45, 7) is 2.79. The number of aryl methyl sites for hydroxylation is 1. The highest BCUT2D eigenvalue weighted by atomic mass is 16.4. The summed E-state index contributed by atoms with van der Waals surface area (Å²) in [7, 11) is 0. The van der Waals surface area contributed by atoms with Gasteiger partial charge in [0.1, 0.15) is 6.04 Å². The molecule has 0 saturated heterocycles. The summed E-state index contributed by atoms with van der Waals surface area (Å²) in [5.41, 5.74) is 2.11. The minimum atomic E-state index is -1.07.